The minimum Gasteiger partial charge on any atom is -0.422 e. The number of amides is 1. The highest BCUT2D eigenvalue weighted by Crippen LogP contribution is 2.31. The molecule has 0 radical (unpaired) electrons. The van der Waals surface area contributed by atoms with E-state index in [0.717, 1.165) is 22.9 Å². The summed E-state index contributed by atoms with van der Waals surface area (Å²) in [7, 11) is 0. The molecule has 1 N–H and O–H groups in total. The number of hydrogen-bond acceptors (Lipinski definition) is 3. The van der Waals surface area contributed by atoms with Gasteiger partial charge in [0.15, 0.2) is 0 Å². The minimum absolute atomic E-state index is 0.0720. The van der Waals surface area contributed by atoms with Crippen LogP contribution in [0.15, 0.2) is 75.9 Å². The molecular weight excluding hydrogens is 371 g/mol. The number of halogens is 3. The van der Waals surface area contributed by atoms with E-state index >= 15 is 0 Å². The SMILES string of the molecule is O=C(Nc1cccc(C(F)(F)F)c1)c1cc2c(ccc3ccccc32)oc1=O. The molecule has 0 bridgehead atoms. The first-order chi connectivity index (χ1) is 13.3. The Bertz CT molecular complexity index is 1280. The van der Waals surface area contributed by atoms with Gasteiger partial charge >= 0.3 is 11.8 Å². The van der Waals surface area contributed by atoms with Gasteiger partial charge in [0, 0.05) is 11.1 Å². The zero-order valence-corrected chi connectivity index (χ0v) is 14.2. The van der Waals surface area contributed by atoms with Gasteiger partial charge in [-0.25, -0.2) is 4.79 Å². The average Bonchev–Trinajstić information content (AvgIpc) is 2.66. The summed E-state index contributed by atoms with van der Waals surface area (Å²) in [5.74, 6) is -0.845. The first-order valence-corrected chi connectivity index (χ1v) is 8.27. The van der Waals surface area contributed by atoms with Crippen LogP contribution in [0.2, 0.25) is 0 Å². The molecule has 0 spiro atoms. The van der Waals surface area contributed by atoms with Crippen LogP contribution in [0.3, 0.4) is 0 Å². The van der Waals surface area contributed by atoms with Crippen molar-refractivity contribution in [1.82, 2.24) is 0 Å². The third-order valence-corrected chi connectivity index (χ3v) is 4.33. The number of alkyl halides is 3. The maximum Gasteiger partial charge on any atom is 0.416 e. The van der Waals surface area contributed by atoms with E-state index in [2.05, 4.69) is 5.32 Å². The monoisotopic (exact) mass is 383 g/mol. The molecule has 0 aliphatic carbocycles. The second-order valence-corrected chi connectivity index (χ2v) is 6.18. The first kappa shape index (κ1) is 17.8. The van der Waals surface area contributed by atoms with Gasteiger partial charge in [0.05, 0.1) is 5.56 Å². The lowest BCUT2D eigenvalue weighted by atomic mass is 10.0. The van der Waals surface area contributed by atoms with Crippen LogP contribution >= 0.6 is 0 Å². The third kappa shape index (κ3) is 3.22. The van der Waals surface area contributed by atoms with Gasteiger partial charge in [-0.15, -0.1) is 0 Å². The van der Waals surface area contributed by atoms with Crippen molar-refractivity contribution in [2.75, 3.05) is 5.32 Å². The number of nitrogens with one attached hydrogen (secondary N) is 1. The number of benzene rings is 3. The predicted octanol–water partition coefficient (Wildman–Crippen LogP) is 5.22. The predicted molar refractivity (Wildman–Crippen MR) is 99.4 cm³/mol. The highest BCUT2D eigenvalue weighted by molar-refractivity contribution is 6.10. The Morgan fingerprint density at radius 3 is 2.46 bits per heavy atom. The number of carbonyl (C=O) groups excluding carboxylic acids is 1. The molecule has 0 saturated carbocycles. The van der Waals surface area contributed by atoms with E-state index in [-0.39, 0.29) is 11.3 Å². The summed E-state index contributed by atoms with van der Waals surface area (Å²) >= 11 is 0. The topological polar surface area (TPSA) is 59.3 Å². The summed E-state index contributed by atoms with van der Waals surface area (Å²) in [4.78, 5) is 24.7. The van der Waals surface area contributed by atoms with Gasteiger partial charge in [-0.05, 0) is 41.1 Å². The molecule has 4 rings (SSSR count). The van der Waals surface area contributed by atoms with Crippen molar-refractivity contribution in [2.45, 2.75) is 6.18 Å². The highest BCUT2D eigenvalue weighted by atomic mass is 19.4. The fraction of sp³-hybridized carbons (Fsp3) is 0.0476. The quantitative estimate of drug-likeness (QED) is 0.382. The molecule has 1 aromatic heterocycles. The molecule has 0 aliphatic rings. The van der Waals surface area contributed by atoms with Crippen LogP contribution in [-0.4, -0.2) is 5.91 Å². The van der Waals surface area contributed by atoms with Crippen LogP contribution in [0.5, 0.6) is 0 Å². The minimum atomic E-state index is -4.54. The fourth-order valence-corrected chi connectivity index (χ4v) is 3.00. The van der Waals surface area contributed by atoms with Crippen LogP contribution in [0.1, 0.15) is 15.9 Å². The molecule has 4 nitrogen and oxygen atoms in total. The zero-order chi connectivity index (χ0) is 19.9. The van der Waals surface area contributed by atoms with Crippen molar-refractivity contribution >= 4 is 33.3 Å². The normalized spacial score (nSPS) is 11.7. The summed E-state index contributed by atoms with van der Waals surface area (Å²) in [5.41, 5.74) is -1.81. The molecule has 140 valence electrons. The lowest BCUT2D eigenvalue weighted by Gasteiger charge is -2.10. The zero-order valence-electron chi connectivity index (χ0n) is 14.2. The number of fused-ring (bicyclic) bond motifs is 3. The standard InChI is InChI=1S/C21H12F3NO3/c22-21(23,24)13-5-3-6-14(10-13)25-19(26)17-11-16-15-7-2-1-4-12(15)8-9-18(16)28-20(17)27/h1-11H,(H,25,26). The lowest BCUT2D eigenvalue weighted by Crippen LogP contribution is -2.21. The molecule has 0 unspecified atom stereocenters. The summed E-state index contributed by atoms with van der Waals surface area (Å²) in [6.07, 6.45) is -4.54. The summed E-state index contributed by atoms with van der Waals surface area (Å²) in [5, 5.41) is 4.57. The smallest absolute Gasteiger partial charge is 0.416 e. The number of carbonyl (C=O) groups is 1. The molecule has 3 aromatic carbocycles. The van der Waals surface area contributed by atoms with E-state index < -0.39 is 23.3 Å². The Morgan fingerprint density at radius 2 is 1.68 bits per heavy atom. The Morgan fingerprint density at radius 1 is 0.893 bits per heavy atom. The van der Waals surface area contributed by atoms with E-state index in [4.69, 9.17) is 4.42 Å². The average molecular weight is 383 g/mol. The van der Waals surface area contributed by atoms with E-state index in [1.807, 2.05) is 24.3 Å². The van der Waals surface area contributed by atoms with Gasteiger partial charge in [0.25, 0.3) is 5.91 Å². The van der Waals surface area contributed by atoms with Gasteiger partial charge in [-0.2, -0.15) is 13.2 Å². The molecular formula is C21H12F3NO3. The summed E-state index contributed by atoms with van der Waals surface area (Å²) in [6.45, 7) is 0. The third-order valence-electron chi connectivity index (χ3n) is 4.33. The van der Waals surface area contributed by atoms with E-state index in [1.54, 1.807) is 12.1 Å². The van der Waals surface area contributed by atoms with E-state index in [0.29, 0.717) is 11.0 Å². The van der Waals surface area contributed by atoms with Gasteiger partial charge in [0.2, 0.25) is 0 Å². The highest BCUT2D eigenvalue weighted by Gasteiger charge is 2.30. The van der Waals surface area contributed by atoms with Crippen LogP contribution in [-0.2, 0) is 6.18 Å². The van der Waals surface area contributed by atoms with Gasteiger partial charge in [0.1, 0.15) is 11.1 Å². The second kappa shape index (κ2) is 6.53. The van der Waals surface area contributed by atoms with Crippen molar-refractivity contribution in [1.29, 1.82) is 0 Å². The molecule has 0 atom stereocenters. The lowest BCUT2D eigenvalue weighted by molar-refractivity contribution is -0.137. The van der Waals surface area contributed by atoms with Crippen molar-refractivity contribution < 1.29 is 22.4 Å². The fourth-order valence-electron chi connectivity index (χ4n) is 3.00. The first-order valence-electron chi connectivity index (χ1n) is 8.27. The molecule has 7 heteroatoms. The summed E-state index contributed by atoms with van der Waals surface area (Å²) < 4.78 is 43.8. The Hall–Kier alpha value is -3.61. The molecule has 28 heavy (non-hydrogen) atoms. The molecule has 4 aromatic rings. The number of anilines is 1. The number of hydrogen-bond donors (Lipinski definition) is 1. The molecule has 0 aliphatic heterocycles. The molecule has 1 amide bonds. The Labute approximate surface area is 156 Å². The van der Waals surface area contributed by atoms with Gasteiger partial charge in [-0.1, -0.05) is 36.4 Å². The molecule has 1 heterocycles. The van der Waals surface area contributed by atoms with Gasteiger partial charge < -0.3 is 9.73 Å². The van der Waals surface area contributed by atoms with Crippen molar-refractivity contribution in [3.05, 3.63) is 88.3 Å². The van der Waals surface area contributed by atoms with Crippen LogP contribution < -0.4 is 10.9 Å². The van der Waals surface area contributed by atoms with Crippen molar-refractivity contribution in [2.24, 2.45) is 0 Å². The molecule has 0 fully saturated rings. The maximum atomic E-state index is 12.8. The number of rotatable bonds is 2. The largest absolute Gasteiger partial charge is 0.422 e. The van der Waals surface area contributed by atoms with Crippen LogP contribution in [0.25, 0.3) is 21.7 Å². The van der Waals surface area contributed by atoms with E-state index in [1.165, 1.54) is 18.2 Å². The Kier molecular flexibility index (Phi) is 4.15. The van der Waals surface area contributed by atoms with Crippen molar-refractivity contribution in [3.63, 3.8) is 0 Å². The second-order valence-electron chi connectivity index (χ2n) is 6.18. The van der Waals surface area contributed by atoms with Gasteiger partial charge in [-0.3, -0.25) is 4.79 Å². The maximum absolute atomic E-state index is 12.8. The van der Waals surface area contributed by atoms with Crippen molar-refractivity contribution in [3.8, 4) is 0 Å². The van der Waals surface area contributed by atoms with Crippen LogP contribution in [0.4, 0.5) is 18.9 Å². The summed E-state index contributed by atoms with van der Waals surface area (Å²) in [6, 6.07) is 16.4. The van der Waals surface area contributed by atoms with Crippen LogP contribution in [0, 0.1) is 0 Å². The van der Waals surface area contributed by atoms with E-state index in [9.17, 15) is 22.8 Å². The molecule has 0 saturated heterocycles. The Balaban J connectivity index is 1.76.